The Hall–Kier alpha value is -0.910. The summed E-state index contributed by atoms with van der Waals surface area (Å²) in [5.74, 6) is 0.428. The number of benzene rings is 1. The van der Waals surface area contributed by atoms with E-state index in [-0.39, 0.29) is 17.5 Å². The molecule has 0 saturated heterocycles. The SMILES string of the molecule is CCC(CCO)NS(=O)(=O)c1ccc(C(C)CC)cc1. The van der Waals surface area contributed by atoms with Gasteiger partial charge in [0, 0.05) is 12.6 Å². The molecule has 4 nitrogen and oxygen atoms in total. The zero-order valence-corrected chi connectivity index (χ0v) is 13.3. The maximum absolute atomic E-state index is 12.2. The van der Waals surface area contributed by atoms with Gasteiger partial charge in [0.05, 0.1) is 4.90 Å². The third-order valence-electron chi connectivity index (χ3n) is 3.66. The second-order valence-corrected chi connectivity index (χ2v) is 6.83. The summed E-state index contributed by atoms with van der Waals surface area (Å²) in [7, 11) is -3.50. The molecule has 2 atom stereocenters. The Morgan fingerprint density at radius 1 is 1.15 bits per heavy atom. The zero-order valence-electron chi connectivity index (χ0n) is 12.5. The molecule has 1 aromatic carbocycles. The average molecular weight is 299 g/mol. The molecule has 0 heterocycles. The lowest BCUT2D eigenvalue weighted by Crippen LogP contribution is -2.35. The van der Waals surface area contributed by atoms with Crippen LogP contribution in [-0.4, -0.2) is 26.2 Å². The van der Waals surface area contributed by atoms with Gasteiger partial charge in [-0.1, -0.05) is 32.9 Å². The molecular weight excluding hydrogens is 274 g/mol. The summed E-state index contributed by atoms with van der Waals surface area (Å²) in [6.45, 7) is 6.11. The van der Waals surface area contributed by atoms with Gasteiger partial charge in [-0.3, -0.25) is 0 Å². The Morgan fingerprint density at radius 2 is 1.75 bits per heavy atom. The lowest BCUT2D eigenvalue weighted by molar-refractivity contribution is 0.270. The van der Waals surface area contributed by atoms with Gasteiger partial charge in [0.25, 0.3) is 0 Å². The quantitative estimate of drug-likeness (QED) is 0.775. The molecule has 0 aliphatic carbocycles. The van der Waals surface area contributed by atoms with Crippen LogP contribution in [0, 0.1) is 0 Å². The molecule has 114 valence electrons. The minimum atomic E-state index is -3.50. The fraction of sp³-hybridized carbons (Fsp3) is 0.600. The van der Waals surface area contributed by atoms with Crippen LogP contribution in [0.15, 0.2) is 29.2 Å². The van der Waals surface area contributed by atoms with Gasteiger partial charge < -0.3 is 5.11 Å². The van der Waals surface area contributed by atoms with Crippen molar-refractivity contribution in [3.05, 3.63) is 29.8 Å². The van der Waals surface area contributed by atoms with Crippen LogP contribution in [0.2, 0.25) is 0 Å². The van der Waals surface area contributed by atoms with E-state index in [1.54, 1.807) is 12.1 Å². The summed E-state index contributed by atoms with van der Waals surface area (Å²) >= 11 is 0. The predicted molar refractivity (Wildman–Crippen MR) is 81.3 cm³/mol. The number of rotatable bonds is 8. The number of hydrogen-bond donors (Lipinski definition) is 2. The van der Waals surface area contributed by atoms with E-state index in [2.05, 4.69) is 18.6 Å². The van der Waals surface area contributed by atoms with Gasteiger partial charge in [0.2, 0.25) is 10.0 Å². The van der Waals surface area contributed by atoms with Crippen LogP contribution in [-0.2, 0) is 10.0 Å². The van der Waals surface area contributed by atoms with E-state index in [0.29, 0.717) is 18.8 Å². The van der Waals surface area contributed by atoms with Crippen LogP contribution in [0.5, 0.6) is 0 Å². The Balaban J connectivity index is 2.87. The molecule has 0 radical (unpaired) electrons. The molecular formula is C15H25NO3S. The van der Waals surface area contributed by atoms with Crippen molar-refractivity contribution in [3.8, 4) is 0 Å². The molecule has 0 aliphatic rings. The average Bonchev–Trinajstić information content (AvgIpc) is 2.45. The zero-order chi connectivity index (χ0) is 15.2. The molecule has 0 aromatic heterocycles. The Labute approximate surface area is 122 Å². The summed E-state index contributed by atoms with van der Waals surface area (Å²) in [6.07, 6.45) is 2.12. The smallest absolute Gasteiger partial charge is 0.240 e. The van der Waals surface area contributed by atoms with Gasteiger partial charge >= 0.3 is 0 Å². The third kappa shape index (κ3) is 4.58. The van der Waals surface area contributed by atoms with Crippen LogP contribution in [0.1, 0.15) is 51.5 Å². The number of hydrogen-bond acceptors (Lipinski definition) is 3. The molecule has 2 N–H and O–H groups in total. The van der Waals surface area contributed by atoms with E-state index < -0.39 is 10.0 Å². The molecule has 1 rings (SSSR count). The molecule has 20 heavy (non-hydrogen) atoms. The summed E-state index contributed by atoms with van der Waals surface area (Å²) in [6, 6.07) is 6.82. The van der Waals surface area contributed by atoms with Crippen molar-refractivity contribution in [1.82, 2.24) is 4.72 Å². The van der Waals surface area contributed by atoms with Gasteiger partial charge in [0.1, 0.15) is 0 Å². The van der Waals surface area contributed by atoms with Crippen molar-refractivity contribution in [1.29, 1.82) is 0 Å². The van der Waals surface area contributed by atoms with E-state index in [1.807, 2.05) is 19.1 Å². The first-order valence-electron chi connectivity index (χ1n) is 7.17. The van der Waals surface area contributed by atoms with Crippen molar-refractivity contribution in [2.24, 2.45) is 0 Å². The minimum Gasteiger partial charge on any atom is -0.396 e. The fourth-order valence-electron chi connectivity index (χ4n) is 2.00. The van der Waals surface area contributed by atoms with E-state index in [4.69, 9.17) is 5.11 Å². The monoisotopic (exact) mass is 299 g/mol. The van der Waals surface area contributed by atoms with Crippen molar-refractivity contribution in [2.75, 3.05) is 6.61 Å². The third-order valence-corrected chi connectivity index (χ3v) is 5.20. The standard InChI is InChI=1S/C15H25NO3S/c1-4-12(3)13-6-8-15(9-7-13)20(18,19)16-14(5-2)10-11-17/h6-9,12,14,16-17H,4-5,10-11H2,1-3H3. The van der Waals surface area contributed by atoms with E-state index >= 15 is 0 Å². The fourth-order valence-corrected chi connectivity index (χ4v) is 3.35. The maximum atomic E-state index is 12.2. The molecule has 0 spiro atoms. The van der Waals surface area contributed by atoms with Crippen molar-refractivity contribution in [3.63, 3.8) is 0 Å². The highest BCUT2D eigenvalue weighted by Crippen LogP contribution is 2.20. The first-order chi connectivity index (χ1) is 9.44. The van der Waals surface area contributed by atoms with E-state index in [1.165, 1.54) is 0 Å². The second kappa shape index (κ2) is 7.76. The predicted octanol–water partition coefficient (Wildman–Crippen LogP) is 2.64. The lowest BCUT2D eigenvalue weighted by atomic mass is 9.99. The van der Waals surface area contributed by atoms with Gasteiger partial charge in [-0.2, -0.15) is 0 Å². The van der Waals surface area contributed by atoms with Gasteiger partial charge in [0.15, 0.2) is 0 Å². The van der Waals surface area contributed by atoms with Crippen molar-refractivity contribution >= 4 is 10.0 Å². The molecule has 0 aliphatic heterocycles. The highest BCUT2D eigenvalue weighted by molar-refractivity contribution is 7.89. The summed E-state index contributed by atoms with van der Waals surface area (Å²) < 4.78 is 27.1. The highest BCUT2D eigenvalue weighted by atomic mass is 32.2. The van der Waals surface area contributed by atoms with Gasteiger partial charge in [-0.05, 0) is 42.9 Å². The Kier molecular flexibility index (Phi) is 6.65. The van der Waals surface area contributed by atoms with Crippen molar-refractivity contribution < 1.29 is 13.5 Å². The number of aliphatic hydroxyl groups is 1. The normalized spacial score (nSPS) is 15.0. The van der Waals surface area contributed by atoms with Crippen LogP contribution < -0.4 is 4.72 Å². The highest BCUT2D eigenvalue weighted by Gasteiger charge is 2.18. The topological polar surface area (TPSA) is 66.4 Å². The van der Waals surface area contributed by atoms with E-state index in [9.17, 15) is 8.42 Å². The first-order valence-corrected chi connectivity index (χ1v) is 8.66. The maximum Gasteiger partial charge on any atom is 0.240 e. The number of nitrogens with one attached hydrogen (secondary N) is 1. The first kappa shape index (κ1) is 17.1. The summed E-state index contributed by atoms with van der Waals surface area (Å²) in [5.41, 5.74) is 1.15. The molecule has 0 fully saturated rings. The second-order valence-electron chi connectivity index (χ2n) is 5.12. The van der Waals surface area contributed by atoms with E-state index in [0.717, 1.165) is 12.0 Å². The largest absolute Gasteiger partial charge is 0.396 e. The molecule has 5 heteroatoms. The molecule has 2 unspecified atom stereocenters. The van der Waals surface area contributed by atoms with Crippen LogP contribution in [0.3, 0.4) is 0 Å². The van der Waals surface area contributed by atoms with Gasteiger partial charge in [-0.25, -0.2) is 13.1 Å². The van der Waals surface area contributed by atoms with Crippen LogP contribution in [0.25, 0.3) is 0 Å². The number of sulfonamides is 1. The minimum absolute atomic E-state index is 0.0199. The Morgan fingerprint density at radius 3 is 2.20 bits per heavy atom. The molecule has 0 amide bonds. The molecule has 1 aromatic rings. The molecule has 0 bridgehead atoms. The van der Waals surface area contributed by atoms with Gasteiger partial charge in [-0.15, -0.1) is 0 Å². The van der Waals surface area contributed by atoms with Crippen LogP contribution >= 0.6 is 0 Å². The number of aliphatic hydroxyl groups excluding tert-OH is 1. The summed E-state index contributed by atoms with van der Waals surface area (Å²) in [4.78, 5) is 0.279. The van der Waals surface area contributed by atoms with Crippen molar-refractivity contribution in [2.45, 2.75) is 56.9 Å². The lowest BCUT2D eigenvalue weighted by Gasteiger charge is -2.16. The Bertz CT molecular complexity index is 496. The van der Waals surface area contributed by atoms with Crippen LogP contribution in [0.4, 0.5) is 0 Å². The molecule has 0 saturated carbocycles. The summed E-state index contributed by atoms with van der Waals surface area (Å²) in [5, 5.41) is 8.92.